The first-order chi connectivity index (χ1) is 14.9. The SMILES string of the molecule is O=C(OCC(=O)c1ccc(Cl)s1)c1cccc(S(=O)(=O)N2CCCc3ccccc32)c1. The van der Waals surface area contributed by atoms with E-state index in [1.165, 1.54) is 28.6 Å². The van der Waals surface area contributed by atoms with E-state index < -0.39 is 22.6 Å². The Bertz CT molecular complexity index is 1250. The van der Waals surface area contributed by atoms with E-state index in [0.717, 1.165) is 23.3 Å². The van der Waals surface area contributed by atoms with Gasteiger partial charge >= 0.3 is 5.97 Å². The van der Waals surface area contributed by atoms with Crippen LogP contribution in [0.3, 0.4) is 0 Å². The van der Waals surface area contributed by atoms with E-state index in [1.54, 1.807) is 24.3 Å². The third kappa shape index (κ3) is 4.51. The number of carbonyl (C=O) groups excluding carboxylic acids is 2. The summed E-state index contributed by atoms with van der Waals surface area (Å²) in [5.74, 6) is -1.15. The summed E-state index contributed by atoms with van der Waals surface area (Å²) >= 11 is 6.92. The molecule has 0 amide bonds. The Balaban J connectivity index is 1.53. The molecule has 0 saturated carbocycles. The number of nitrogens with zero attached hydrogens (tertiary/aromatic N) is 1. The summed E-state index contributed by atoms with van der Waals surface area (Å²) in [5.41, 5.74) is 1.69. The fourth-order valence-electron chi connectivity index (χ4n) is 3.41. The van der Waals surface area contributed by atoms with Gasteiger partial charge in [-0.25, -0.2) is 13.2 Å². The molecule has 4 rings (SSSR count). The summed E-state index contributed by atoms with van der Waals surface area (Å²) in [6.45, 7) is -0.0853. The molecule has 3 aromatic rings. The highest BCUT2D eigenvalue weighted by Gasteiger charge is 2.29. The molecule has 0 fully saturated rings. The van der Waals surface area contributed by atoms with Crippen molar-refractivity contribution in [3.05, 3.63) is 81.0 Å². The van der Waals surface area contributed by atoms with Gasteiger partial charge in [0.05, 0.1) is 25.4 Å². The van der Waals surface area contributed by atoms with Gasteiger partial charge in [-0.15, -0.1) is 11.3 Å². The number of ketones is 1. The van der Waals surface area contributed by atoms with E-state index in [-0.39, 0.29) is 16.2 Å². The Labute approximate surface area is 189 Å². The van der Waals surface area contributed by atoms with Crippen molar-refractivity contribution in [3.63, 3.8) is 0 Å². The number of sulfonamides is 1. The van der Waals surface area contributed by atoms with Gasteiger partial charge in [0.25, 0.3) is 10.0 Å². The van der Waals surface area contributed by atoms with Crippen molar-refractivity contribution in [2.45, 2.75) is 17.7 Å². The van der Waals surface area contributed by atoms with E-state index in [2.05, 4.69) is 0 Å². The second kappa shape index (κ2) is 8.82. The van der Waals surface area contributed by atoms with Crippen LogP contribution in [0.5, 0.6) is 0 Å². The van der Waals surface area contributed by atoms with Crippen LogP contribution in [0.4, 0.5) is 5.69 Å². The number of rotatable bonds is 6. The minimum absolute atomic E-state index is 0.00461. The number of benzene rings is 2. The van der Waals surface area contributed by atoms with Gasteiger partial charge in [0.2, 0.25) is 5.78 Å². The predicted octanol–water partition coefficient (Wildman–Crippen LogP) is 4.58. The molecule has 0 spiro atoms. The molecule has 6 nitrogen and oxygen atoms in total. The first kappa shape index (κ1) is 21.5. The summed E-state index contributed by atoms with van der Waals surface area (Å²) in [7, 11) is -3.86. The zero-order valence-corrected chi connectivity index (χ0v) is 18.7. The van der Waals surface area contributed by atoms with Crippen LogP contribution in [0, 0.1) is 0 Å². The van der Waals surface area contributed by atoms with Crippen LogP contribution in [0.15, 0.2) is 65.6 Å². The zero-order chi connectivity index (χ0) is 22.0. The standard InChI is InChI=1S/C22H18ClNO5S2/c23-21-11-10-20(30-21)19(25)14-29-22(26)16-6-3-8-17(13-16)31(27,28)24-12-4-7-15-5-1-2-9-18(15)24/h1-3,5-6,8-11,13H,4,7,12,14H2. The summed E-state index contributed by atoms with van der Waals surface area (Å²) in [4.78, 5) is 24.9. The number of hydrogen-bond donors (Lipinski definition) is 0. The van der Waals surface area contributed by atoms with E-state index in [1.807, 2.05) is 12.1 Å². The maximum absolute atomic E-state index is 13.3. The van der Waals surface area contributed by atoms with Crippen LogP contribution in [0.2, 0.25) is 4.34 Å². The van der Waals surface area contributed by atoms with E-state index in [0.29, 0.717) is 27.9 Å². The van der Waals surface area contributed by atoms with Gasteiger partial charge < -0.3 is 4.74 Å². The van der Waals surface area contributed by atoms with Crippen LogP contribution < -0.4 is 4.31 Å². The van der Waals surface area contributed by atoms with E-state index >= 15 is 0 Å². The minimum Gasteiger partial charge on any atom is -0.454 e. The van der Waals surface area contributed by atoms with Crippen molar-refractivity contribution in [3.8, 4) is 0 Å². The number of ether oxygens (including phenoxy) is 1. The Morgan fingerprint density at radius 2 is 1.87 bits per heavy atom. The van der Waals surface area contributed by atoms with Crippen LogP contribution in [-0.4, -0.2) is 33.3 Å². The summed E-state index contributed by atoms with van der Waals surface area (Å²) in [6.07, 6.45) is 1.53. The molecule has 2 aromatic carbocycles. The first-order valence-electron chi connectivity index (χ1n) is 9.52. The lowest BCUT2D eigenvalue weighted by Gasteiger charge is -2.30. The summed E-state index contributed by atoms with van der Waals surface area (Å²) in [5, 5.41) is 0. The third-order valence-corrected chi connectivity index (χ3v) is 7.99. The average Bonchev–Trinajstić information content (AvgIpc) is 3.23. The Hall–Kier alpha value is -2.68. The second-order valence-corrected chi connectivity index (χ2v) is 10.5. The van der Waals surface area contributed by atoms with Gasteiger partial charge in [-0.3, -0.25) is 9.10 Å². The number of anilines is 1. The van der Waals surface area contributed by atoms with Crippen molar-refractivity contribution in [1.29, 1.82) is 0 Å². The number of Topliss-reactive ketones (excluding diaryl/α,β-unsaturated/α-hetero) is 1. The van der Waals surface area contributed by atoms with Crippen molar-refractivity contribution < 1.29 is 22.7 Å². The fourth-order valence-corrected chi connectivity index (χ4v) is 5.96. The molecule has 0 radical (unpaired) electrons. The van der Waals surface area contributed by atoms with Crippen LogP contribution in [0.25, 0.3) is 0 Å². The van der Waals surface area contributed by atoms with Crippen LogP contribution in [-0.2, 0) is 21.2 Å². The lowest BCUT2D eigenvalue weighted by atomic mass is 10.0. The normalized spacial score (nSPS) is 13.5. The van der Waals surface area contributed by atoms with Gasteiger partial charge in [-0.05, 0) is 54.8 Å². The highest BCUT2D eigenvalue weighted by molar-refractivity contribution is 7.92. The molecule has 160 valence electrons. The molecule has 0 bridgehead atoms. The summed E-state index contributed by atoms with van der Waals surface area (Å²) in [6, 6.07) is 16.2. The van der Waals surface area contributed by atoms with Crippen molar-refractivity contribution >= 4 is 50.4 Å². The number of para-hydroxylation sites is 1. The molecule has 1 aromatic heterocycles. The number of halogens is 1. The molecule has 0 N–H and O–H groups in total. The molecule has 0 atom stereocenters. The highest BCUT2D eigenvalue weighted by atomic mass is 35.5. The van der Waals surface area contributed by atoms with E-state index in [9.17, 15) is 18.0 Å². The molecular formula is C22H18ClNO5S2. The molecule has 0 unspecified atom stereocenters. The van der Waals surface area contributed by atoms with Gasteiger partial charge in [-0.1, -0.05) is 35.9 Å². The molecule has 0 saturated heterocycles. The smallest absolute Gasteiger partial charge is 0.338 e. The highest BCUT2D eigenvalue weighted by Crippen LogP contribution is 2.32. The van der Waals surface area contributed by atoms with E-state index in [4.69, 9.17) is 16.3 Å². The molecule has 2 heterocycles. The quantitative estimate of drug-likeness (QED) is 0.385. The predicted molar refractivity (Wildman–Crippen MR) is 120 cm³/mol. The van der Waals surface area contributed by atoms with Gasteiger partial charge in [0.1, 0.15) is 0 Å². The Kier molecular flexibility index (Phi) is 6.13. The maximum Gasteiger partial charge on any atom is 0.338 e. The topological polar surface area (TPSA) is 80.8 Å². The van der Waals surface area contributed by atoms with Crippen LogP contribution in [0.1, 0.15) is 32.0 Å². The Morgan fingerprint density at radius 1 is 1.06 bits per heavy atom. The molecule has 31 heavy (non-hydrogen) atoms. The Morgan fingerprint density at radius 3 is 2.65 bits per heavy atom. The number of carbonyl (C=O) groups is 2. The zero-order valence-electron chi connectivity index (χ0n) is 16.3. The van der Waals surface area contributed by atoms with Crippen molar-refractivity contribution in [2.75, 3.05) is 17.5 Å². The van der Waals surface area contributed by atoms with Gasteiger partial charge in [-0.2, -0.15) is 0 Å². The number of fused-ring (bicyclic) bond motifs is 1. The molecular weight excluding hydrogens is 458 g/mol. The largest absolute Gasteiger partial charge is 0.454 e. The maximum atomic E-state index is 13.3. The summed E-state index contributed by atoms with van der Waals surface area (Å²) < 4.78 is 33.5. The number of aryl methyl sites for hydroxylation is 1. The molecule has 1 aliphatic rings. The van der Waals surface area contributed by atoms with Gasteiger partial charge in [0, 0.05) is 6.54 Å². The van der Waals surface area contributed by atoms with Gasteiger partial charge in [0.15, 0.2) is 6.61 Å². The fraction of sp³-hybridized carbons (Fsp3) is 0.182. The van der Waals surface area contributed by atoms with Crippen LogP contribution >= 0.6 is 22.9 Å². The third-order valence-electron chi connectivity index (χ3n) is 4.91. The lowest BCUT2D eigenvalue weighted by molar-refractivity contribution is 0.0475. The monoisotopic (exact) mass is 475 g/mol. The second-order valence-electron chi connectivity index (χ2n) is 6.94. The number of hydrogen-bond acceptors (Lipinski definition) is 6. The lowest BCUT2D eigenvalue weighted by Crippen LogP contribution is -2.35. The first-order valence-corrected chi connectivity index (χ1v) is 12.2. The minimum atomic E-state index is -3.86. The number of thiophene rings is 1. The molecule has 9 heteroatoms. The van der Waals surface area contributed by atoms with Crippen molar-refractivity contribution in [2.24, 2.45) is 0 Å². The average molecular weight is 476 g/mol. The number of esters is 1. The molecule has 1 aliphatic heterocycles. The molecule has 0 aliphatic carbocycles. The van der Waals surface area contributed by atoms with Crippen molar-refractivity contribution in [1.82, 2.24) is 0 Å².